The molecule has 25 heavy (non-hydrogen) atoms. The van der Waals surface area contributed by atoms with E-state index < -0.39 is 0 Å². The maximum Gasteiger partial charge on any atom is 0.221 e. The summed E-state index contributed by atoms with van der Waals surface area (Å²) in [6.45, 7) is 8.40. The first-order valence-electron chi connectivity index (χ1n) is 8.88. The number of benzene rings is 1. The van der Waals surface area contributed by atoms with Gasteiger partial charge in [0, 0.05) is 26.1 Å². The fourth-order valence-corrected chi connectivity index (χ4v) is 3.26. The topological polar surface area (TPSA) is 75.9 Å². The van der Waals surface area contributed by atoms with Gasteiger partial charge in [0.25, 0.3) is 0 Å². The Bertz CT molecular complexity index is 713. The first kappa shape index (κ1) is 17.5. The number of nitrogens with one attached hydrogen (secondary N) is 1. The second-order valence-electron chi connectivity index (χ2n) is 6.82. The lowest BCUT2D eigenvalue weighted by Crippen LogP contribution is -2.31. The Morgan fingerprint density at radius 2 is 2.16 bits per heavy atom. The highest BCUT2D eigenvalue weighted by molar-refractivity contribution is 5.75. The van der Waals surface area contributed by atoms with Crippen LogP contribution in [-0.2, 0) is 17.9 Å². The van der Waals surface area contributed by atoms with Crippen LogP contribution in [0.15, 0.2) is 24.3 Å². The molecule has 0 unspecified atom stereocenters. The Labute approximate surface area is 148 Å². The smallest absolute Gasteiger partial charge is 0.221 e. The molecular weight excluding hydrogens is 316 g/mol. The largest absolute Gasteiger partial charge is 0.356 e. The minimum atomic E-state index is 0.0623. The molecule has 0 radical (unpaired) electrons. The van der Waals surface area contributed by atoms with Crippen molar-refractivity contribution < 1.29 is 4.79 Å². The molecule has 1 aromatic carbocycles. The van der Waals surface area contributed by atoms with Crippen LogP contribution in [0.3, 0.4) is 0 Å². The number of rotatable bonds is 7. The Kier molecular flexibility index (Phi) is 5.75. The number of aromatic nitrogens is 4. The predicted octanol–water partition coefficient (Wildman–Crippen LogP) is 1.32. The zero-order valence-electron chi connectivity index (χ0n) is 15.0. The number of amides is 1. The maximum atomic E-state index is 12.0. The summed E-state index contributed by atoms with van der Waals surface area (Å²) in [4.78, 5) is 14.5. The molecule has 0 saturated carbocycles. The van der Waals surface area contributed by atoms with Crippen LogP contribution in [0.5, 0.6) is 0 Å². The number of likely N-dealkylation sites (tertiary alicyclic amines) is 1. The van der Waals surface area contributed by atoms with Gasteiger partial charge in [-0.15, -0.1) is 5.10 Å². The summed E-state index contributed by atoms with van der Waals surface area (Å²) in [5, 5.41) is 14.3. The van der Waals surface area contributed by atoms with E-state index in [9.17, 15) is 4.79 Å². The molecule has 134 valence electrons. The minimum absolute atomic E-state index is 0.0623. The highest BCUT2D eigenvalue weighted by Crippen LogP contribution is 2.19. The molecule has 0 bridgehead atoms. The average Bonchev–Trinajstić information content (AvgIpc) is 3.22. The van der Waals surface area contributed by atoms with Crippen molar-refractivity contribution in [3.05, 3.63) is 41.2 Å². The number of tetrazole rings is 1. The summed E-state index contributed by atoms with van der Waals surface area (Å²) < 4.78 is 1.65. The quantitative estimate of drug-likeness (QED) is 0.821. The molecule has 1 aromatic heterocycles. The van der Waals surface area contributed by atoms with E-state index in [1.54, 1.807) is 4.68 Å². The fraction of sp³-hybridized carbons (Fsp3) is 0.556. The summed E-state index contributed by atoms with van der Waals surface area (Å²) in [6.07, 6.45) is 1.55. The average molecular weight is 342 g/mol. The molecule has 7 nitrogen and oxygen atoms in total. The second-order valence-corrected chi connectivity index (χ2v) is 6.82. The van der Waals surface area contributed by atoms with Gasteiger partial charge in [0.1, 0.15) is 5.82 Å². The molecule has 2 heterocycles. The Hall–Kier alpha value is -2.28. The zero-order valence-corrected chi connectivity index (χ0v) is 15.0. The van der Waals surface area contributed by atoms with Gasteiger partial charge < -0.3 is 5.32 Å². The van der Waals surface area contributed by atoms with E-state index in [0.29, 0.717) is 18.9 Å². The molecule has 1 aliphatic rings. The number of hydrogen-bond donors (Lipinski definition) is 1. The lowest BCUT2D eigenvalue weighted by molar-refractivity contribution is -0.121. The molecule has 3 rings (SSSR count). The third-order valence-electron chi connectivity index (χ3n) is 4.87. The summed E-state index contributed by atoms with van der Waals surface area (Å²) in [5.41, 5.74) is 2.74. The summed E-state index contributed by atoms with van der Waals surface area (Å²) in [7, 11) is 0. The molecule has 0 aliphatic carbocycles. The third-order valence-corrected chi connectivity index (χ3v) is 4.87. The molecular formula is C18H26N6O. The van der Waals surface area contributed by atoms with Gasteiger partial charge >= 0.3 is 0 Å². The second kappa shape index (κ2) is 8.20. The molecule has 7 heteroatoms. The Morgan fingerprint density at radius 3 is 2.92 bits per heavy atom. The van der Waals surface area contributed by atoms with Crippen molar-refractivity contribution in [2.24, 2.45) is 5.92 Å². The van der Waals surface area contributed by atoms with E-state index in [-0.39, 0.29) is 5.91 Å². The van der Waals surface area contributed by atoms with Crippen molar-refractivity contribution in [3.8, 4) is 0 Å². The number of carbonyl (C=O) groups is 1. The first-order chi connectivity index (χ1) is 12.1. The van der Waals surface area contributed by atoms with Gasteiger partial charge in [-0.2, -0.15) is 0 Å². The highest BCUT2D eigenvalue weighted by atomic mass is 16.1. The maximum absolute atomic E-state index is 12.0. The monoisotopic (exact) mass is 342 g/mol. The van der Waals surface area contributed by atoms with Crippen LogP contribution in [0.4, 0.5) is 0 Å². The molecule has 1 atom stereocenters. The summed E-state index contributed by atoms with van der Waals surface area (Å²) in [5.74, 6) is 1.32. The molecule has 0 spiro atoms. The number of nitrogens with zero attached hydrogens (tertiary/aromatic N) is 5. The van der Waals surface area contributed by atoms with Crippen LogP contribution in [-0.4, -0.2) is 50.6 Å². The van der Waals surface area contributed by atoms with E-state index in [0.717, 1.165) is 38.4 Å². The zero-order chi connectivity index (χ0) is 17.6. The van der Waals surface area contributed by atoms with Crippen molar-refractivity contribution in [2.45, 2.75) is 39.8 Å². The van der Waals surface area contributed by atoms with E-state index >= 15 is 0 Å². The standard InChI is InChI=1S/C18H26N6O/c1-14-5-3-4-6-17(14)13-23-9-7-16(12-23)11-19-18(25)8-10-24-15(2)20-21-22-24/h3-6,16H,7-13H2,1-2H3,(H,19,25)/t16-/m0/s1. The van der Waals surface area contributed by atoms with Crippen LogP contribution in [0.1, 0.15) is 29.8 Å². The van der Waals surface area contributed by atoms with E-state index in [4.69, 9.17) is 0 Å². The van der Waals surface area contributed by atoms with Gasteiger partial charge in [0.05, 0.1) is 6.54 Å². The van der Waals surface area contributed by atoms with Crippen molar-refractivity contribution in [2.75, 3.05) is 19.6 Å². The van der Waals surface area contributed by atoms with E-state index in [1.165, 1.54) is 11.1 Å². The van der Waals surface area contributed by atoms with Crippen LogP contribution in [0.25, 0.3) is 0 Å². The summed E-state index contributed by atoms with van der Waals surface area (Å²) in [6, 6.07) is 8.54. The van der Waals surface area contributed by atoms with E-state index in [2.05, 4.69) is 56.9 Å². The lowest BCUT2D eigenvalue weighted by atomic mass is 10.1. The van der Waals surface area contributed by atoms with Gasteiger partial charge in [-0.3, -0.25) is 9.69 Å². The van der Waals surface area contributed by atoms with Crippen LogP contribution in [0, 0.1) is 19.8 Å². The fourth-order valence-electron chi connectivity index (χ4n) is 3.26. The number of aryl methyl sites for hydroxylation is 3. The Morgan fingerprint density at radius 1 is 1.32 bits per heavy atom. The molecule has 1 amide bonds. The van der Waals surface area contributed by atoms with Crippen molar-refractivity contribution in [3.63, 3.8) is 0 Å². The van der Waals surface area contributed by atoms with Crippen molar-refractivity contribution in [1.82, 2.24) is 30.4 Å². The molecule has 1 fully saturated rings. The highest BCUT2D eigenvalue weighted by Gasteiger charge is 2.23. The minimum Gasteiger partial charge on any atom is -0.356 e. The number of carbonyl (C=O) groups excluding carboxylic acids is 1. The van der Waals surface area contributed by atoms with Gasteiger partial charge in [0.2, 0.25) is 5.91 Å². The van der Waals surface area contributed by atoms with E-state index in [1.807, 2.05) is 6.92 Å². The first-order valence-corrected chi connectivity index (χ1v) is 8.88. The van der Waals surface area contributed by atoms with Gasteiger partial charge in [-0.1, -0.05) is 24.3 Å². The van der Waals surface area contributed by atoms with Crippen LogP contribution < -0.4 is 5.32 Å². The van der Waals surface area contributed by atoms with Gasteiger partial charge in [-0.05, 0) is 54.3 Å². The van der Waals surface area contributed by atoms with Crippen molar-refractivity contribution in [1.29, 1.82) is 0 Å². The third kappa shape index (κ3) is 4.85. The van der Waals surface area contributed by atoms with Gasteiger partial charge in [-0.25, -0.2) is 4.68 Å². The number of hydrogen-bond acceptors (Lipinski definition) is 5. The predicted molar refractivity (Wildman–Crippen MR) is 94.7 cm³/mol. The van der Waals surface area contributed by atoms with Crippen molar-refractivity contribution >= 4 is 5.91 Å². The molecule has 2 aromatic rings. The van der Waals surface area contributed by atoms with Gasteiger partial charge in [0.15, 0.2) is 0 Å². The SMILES string of the molecule is Cc1ccccc1CN1CC[C@@H](CNC(=O)CCn2nnnc2C)C1. The van der Waals surface area contributed by atoms with Crippen LogP contribution in [0.2, 0.25) is 0 Å². The Balaban J connectivity index is 1.37. The molecule has 1 saturated heterocycles. The lowest BCUT2D eigenvalue weighted by Gasteiger charge is -2.17. The molecule has 1 N–H and O–H groups in total. The van der Waals surface area contributed by atoms with Crippen LogP contribution >= 0.6 is 0 Å². The summed E-state index contributed by atoms with van der Waals surface area (Å²) >= 11 is 0. The normalized spacial score (nSPS) is 17.8. The molecule has 1 aliphatic heterocycles.